The number of rotatable bonds is 7. The van der Waals surface area contributed by atoms with Crippen molar-refractivity contribution in [2.24, 2.45) is 0 Å². The van der Waals surface area contributed by atoms with Gasteiger partial charge in [0.2, 0.25) is 5.91 Å². The Morgan fingerprint density at radius 2 is 1.64 bits per heavy atom. The summed E-state index contributed by atoms with van der Waals surface area (Å²) in [6.45, 7) is 2.39. The number of hydrogen-bond donors (Lipinski definition) is 3. The summed E-state index contributed by atoms with van der Waals surface area (Å²) in [5.74, 6) is -0.752. The molecule has 0 aromatic heterocycles. The third-order valence-electron chi connectivity index (χ3n) is 3.59. The number of nitrogens with one attached hydrogen (secondary N) is 3. The van der Waals surface area contributed by atoms with E-state index in [1.807, 2.05) is 37.3 Å². The fourth-order valence-electron chi connectivity index (χ4n) is 2.38. The van der Waals surface area contributed by atoms with E-state index in [0.29, 0.717) is 6.54 Å². The third kappa shape index (κ3) is 6.00. The van der Waals surface area contributed by atoms with E-state index >= 15 is 0 Å². The van der Waals surface area contributed by atoms with Gasteiger partial charge >= 0.3 is 6.03 Å². The third-order valence-corrected chi connectivity index (χ3v) is 3.59. The Bertz CT molecular complexity index is 690. The zero-order chi connectivity index (χ0) is 18.1. The molecular weight excluding hydrogens is 321 g/mol. The van der Waals surface area contributed by atoms with Gasteiger partial charge < -0.3 is 5.32 Å². The van der Waals surface area contributed by atoms with Crippen molar-refractivity contribution < 1.29 is 14.0 Å². The fourth-order valence-corrected chi connectivity index (χ4v) is 2.38. The first kappa shape index (κ1) is 18.6. The lowest BCUT2D eigenvalue weighted by Gasteiger charge is -2.19. The van der Waals surface area contributed by atoms with Gasteiger partial charge in [0.05, 0.1) is 12.6 Å². The number of imide groups is 1. The summed E-state index contributed by atoms with van der Waals surface area (Å²) in [5.41, 5.74) is 1.77. The van der Waals surface area contributed by atoms with Crippen LogP contribution in [0.3, 0.4) is 0 Å². The molecule has 0 radical (unpaired) electrons. The SMILES string of the molecule is CCCNC(=O)NC(=O)CNC(c1ccccc1)c1ccc(F)cc1. The summed E-state index contributed by atoms with van der Waals surface area (Å²) in [6, 6.07) is 14.8. The van der Waals surface area contributed by atoms with Crippen molar-refractivity contribution in [3.8, 4) is 0 Å². The maximum Gasteiger partial charge on any atom is 0.321 e. The Morgan fingerprint density at radius 3 is 2.28 bits per heavy atom. The molecule has 0 aliphatic rings. The van der Waals surface area contributed by atoms with Crippen LogP contribution in [0.4, 0.5) is 9.18 Å². The van der Waals surface area contributed by atoms with Crippen LogP contribution in [0.2, 0.25) is 0 Å². The lowest BCUT2D eigenvalue weighted by molar-refractivity contribution is -0.119. The highest BCUT2D eigenvalue weighted by Gasteiger charge is 2.16. The first-order valence-corrected chi connectivity index (χ1v) is 8.21. The minimum Gasteiger partial charge on any atom is -0.338 e. The number of benzene rings is 2. The summed E-state index contributed by atoms with van der Waals surface area (Å²) >= 11 is 0. The molecule has 6 heteroatoms. The van der Waals surface area contributed by atoms with Crippen LogP contribution in [0.25, 0.3) is 0 Å². The molecule has 0 aliphatic heterocycles. The van der Waals surface area contributed by atoms with Crippen LogP contribution in [-0.2, 0) is 4.79 Å². The highest BCUT2D eigenvalue weighted by atomic mass is 19.1. The molecule has 0 heterocycles. The van der Waals surface area contributed by atoms with Crippen molar-refractivity contribution in [3.05, 3.63) is 71.5 Å². The monoisotopic (exact) mass is 343 g/mol. The lowest BCUT2D eigenvalue weighted by Crippen LogP contribution is -2.44. The Kier molecular flexibility index (Phi) is 7.10. The number of amides is 3. The maximum atomic E-state index is 13.2. The molecule has 0 fully saturated rings. The van der Waals surface area contributed by atoms with E-state index < -0.39 is 11.9 Å². The molecule has 5 nitrogen and oxygen atoms in total. The Balaban J connectivity index is 2.03. The predicted molar refractivity (Wildman–Crippen MR) is 94.5 cm³/mol. The average molecular weight is 343 g/mol. The van der Waals surface area contributed by atoms with E-state index in [4.69, 9.17) is 0 Å². The van der Waals surface area contributed by atoms with E-state index in [1.54, 1.807) is 12.1 Å². The molecule has 0 aliphatic carbocycles. The smallest absolute Gasteiger partial charge is 0.321 e. The van der Waals surface area contributed by atoms with Crippen molar-refractivity contribution in [2.75, 3.05) is 13.1 Å². The molecule has 1 atom stereocenters. The van der Waals surface area contributed by atoms with Gasteiger partial charge in [0.1, 0.15) is 5.82 Å². The van der Waals surface area contributed by atoms with Crippen molar-refractivity contribution in [2.45, 2.75) is 19.4 Å². The van der Waals surface area contributed by atoms with E-state index in [1.165, 1.54) is 12.1 Å². The highest BCUT2D eigenvalue weighted by Crippen LogP contribution is 2.21. The summed E-state index contributed by atoms with van der Waals surface area (Å²) in [6.07, 6.45) is 0.792. The number of halogens is 1. The molecule has 2 rings (SSSR count). The quantitative estimate of drug-likeness (QED) is 0.724. The molecule has 2 aromatic rings. The highest BCUT2D eigenvalue weighted by molar-refractivity contribution is 5.95. The lowest BCUT2D eigenvalue weighted by atomic mass is 9.98. The van der Waals surface area contributed by atoms with Gasteiger partial charge in [0.15, 0.2) is 0 Å². The standard InChI is InChI=1S/C19H22FN3O2/c1-2-12-21-19(25)23-17(24)13-22-18(14-6-4-3-5-7-14)15-8-10-16(20)11-9-15/h3-11,18,22H,2,12-13H2,1H3,(H2,21,23,24,25). The second-order valence-corrected chi connectivity index (χ2v) is 5.58. The molecule has 3 N–H and O–H groups in total. The van der Waals surface area contributed by atoms with Crippen molar-refractivity contribution in [1.29, 1.82) is 0 Å². The van der Waals surface area contributed by atoms with Gasteiger partial charge in [0, 0.05) is 6.54 Å². The molecular formula is C19H22FN3O2. The van der Waals surface area contributed by atoms with Gasteiger partial charge in [-0.1, -0.05) is 49.4 Å². The average Bonchev–Trinajstić information content (AvgIpc) is 2.62. The number of hydrogen-bond acceptors (Lipinski definition) is 3. The number of carbonyl (C=O) groups is 2. The van der Waals surface area contributed by atoms with Crippen LogP contribution >= 0.6 is 0 Å². The normalized spacial score (nSPS) is 11.6. The molecule has 132 valence electrons. The summed E-state index contributed by atoms with van der Waals surface area (Å²) in [7, 11) is 0. The fraction of sp³-hybridized carbons (Fsp3) is 0.263. The Hall–Kier alpha value is -2.73. The molecule has 1 unspecified atom stereocenters. The summed E-state index contributed by atoms with van der Waals surface area (Å²) in [5, 5.41) is 7.97. The van der Waals surface area contributed by atoms with Gasteiger partial charge in [0.25, 0.3) is 0 Å². The minimum atomic E-state index is -0.508. The van der Waals surface area contributed by atoms with Crippen LogP contribution in [0, 0.1) is 5.82 Å². The van der Waals surface area contributed by atoms with Crippen molar-refractivity contribution in [1.82, 2.24) is 16.0 Å². The van der Waals surface area contributed by atoms with Crippen LogP contribution < -0.4 is 16.0 Å². The van der Waals surface area contributed by atoms with E-state index in [-0.39, 0.29) is 18.4 Å². The molecule has 2 aromatic carbocycles. The van der Waals surface area contributed by atoms with Crippen molar-refractivity contribution in [3.63, 3.8) is 0 Å². The first-order valence-electron chi connectivity index (χ1n) is 8.21. The first-order chi connectivity index (χ1) is 12.1. The van der Waals surface area contributed by atoms with Crippen LogP contribution in [0.1, 0.15) is 30.5 Å². The van der Waals surface area contributed by atoms with E-state index in [0.717, 1.165) is 17.5 Å². The van der Waals surface area contributed by atoms with Gasteiger partial charge in [-0.3, -0.25) is 15.4 Å². The summed E-state index contributed by atoms with van der Waals surface area (Å²) < 4.78 is 13.2. The molecule has 0 saturated heterocycles. The number of urea groups is 1. The van der Waals surface area contributed by atoms with Crippen LogP contribution in [-0.4, -0.2) is 25.0 Å². The number of carbonyl (C=O) groups excluding carboxylic acids is 2. The van der Waals surface area contributed by atoms with Crippen molar-refractivity contribution >= 4 is 11.9 Å². The zero-order valence-electron chi connectivity index (χ0n) is 14.1. The van der Waals surface area contributed by atoms with E-state index in [2.05, 4.69) is 16.0 Å². The molecule has 0 saturated carbocycles. The van der Waals surface area contributed by atoms with Gasteiger partial charge in [-0.15, -0.1) is 0 Å². The molecule has 0 bridgehead atoms. The largest absolute Gasteiger partial charge is 0.338 e. The van der Waals surface area contributed by atoms with Gasteiger partial charge in [-0.05, 0) is 29.7 Å². The second-order valence-electron chi connectivity index (χ2n) is 5.58. The summed E-state index contributed by atoms with van der Waals surface area (Å²) in [4.78, 5) is 23.5. The minimum absolute atomic E-state index is 0.0452. The van der Waals surface area contributed by atoms with Crippen LogP contribution in [0.15, 0.2) is 54.6 Å². The van der Waals surface area contributed by atoms with E-state index in [9.17, 15) is 14.0 Å². The zero-order valence-corrected chi connectivity index (χ0v) is 14.1. The second kappa shape index (κ2) is 9.54. The Morgan fingerprint density at radius 1 is 1.00 bits per heavy atom. The van der Waals surface area contributed by atoms with Crippen LogP contribution in [0.5, 0.6) is 0 Å². The van der Waals surface area contributed by atoms with Gasteiger partial charge in [-0.2, -0.15) is 0 Å². The molecule has 0 spiro atoms. The predicted octanol–water partition coefficient (Wildman–Crippen LogP) is 2.74. The Labute approximate surface area is 146 Å². The maximum absolute atomic E-state index is 13.2. The topological polar surface area (TPSA) is 70.2 Å². The molecule has 25 heavy (non-hydrogen) atoms. The molecule has 3 amide bonds. The van der Waals surface area contributed by atoms with Gasteiger partial charge in [-0.25, -0.2) is 9.18 Å².